The highest BCUT2D eigenvalue weighted by molar-refractivity contribution is 5.88. The molecule has 0 aromatic rings. The Hall–Kier alpha value is -1.63. The van der Waals surface area contributed by atoms with E-state index < -0.39 is 29.5 Å². The molecule has 0 unspecified atom stereocenters. The van der Waals surface area contributed by atoms with Crippen LogP contribution in [0.15, 0.2) is 0 Å². The van der Waals surface area contributed by atoms with Crippen LogP contribution in [0.4, 0.5) is 0 Å². The quantitative estimate of drug-likeness (QED) is 0.627. The van der Waals surface area contributed by atoms with Gasteiger partial charge in [-0.1, -0.05) is 0 Å². The molecule has 4 fully saturated rings. The van der Waals surface area contributed by atoms with Crippen molar-refractivity contribution in [2.45, 2.75) is 75.9 Å². The molecule has 0 heterocycles. The van der Waals surface area contributed by atoms with Crippen LogP contribution >= 0.6 is 0 Å². The van der Waals surface area contributed by atoms with Crippen LogP contribution in [0, 0.1) is 17.8 Å². The minimum Gasteiger partial charge on any atom is -0.480 e. The molecule has 140 valence electrons. The predicted octanol–water partition coefficient (Wildman–Crippen LogP) is 0.850. The Morgan fingerprint density at radius 1 is 1.12 bits per heavy atom. The molecule has 0 aromatic carbocycles. The highest BCUT2D eigenvalue weighted by Gasteiger charge is 2.57. The molecule has 0 aliphatic heterocycles. The number of rotatable bonds is 7. The minimum atomic E-state index is -1.08. The summed E-state index contributed by atoms with van der Waals surface area (Å²) in [6.07, 6.45) is 6.15. The zero-order valence-corrected chi connectivity index (χ0v) is 14.8. The number of primary amides is 1. The molecule has 5 N–H and O–H groups in total. The van der Waals surface area contributed by atoms with Crippen molar-refractivity contribution >= 4 is 17.8 Å². The number of aliphatic carboxylic acids is 1. The Kier molecular flexibility index (Phi) is 4.79. The number of hydrogen-bond donors (Lipinski definition) is 3. The van der Waals surface area contributed by atoms with E-state index in [0.29, 0.717) is 17.8 Å². The highest BCUT2D eigenvalue weighted by atomic mass is 16.4. The summed E-state index contributed by atoms with van der Waals surface area (Å²) in [6.45, 7) is 1.60. The number of carboxylic acid groups (broad SMARTS) is 1. The molecule has 4 bridgehead atoms. The van der Waals surface area contributed by atoms with Crippen LogP contribution in [0.25, 0.3) is 0 Å². The van der Waals surface area contributed by atoms with E-state index in [-0.39, 0.29) is 18.7 Å². The average molecular weight is 351 g/mol. The summed E-state index contributed by atoms with van der Waals surface area (Å²) in [5, 5.41) is 9.80. The van der Waals surface area contributed by atoms with Gasteiger partial charge in [0.2, 0.25) is 11.8 Å². The van der Waals surface area contributed by atoms with Crippen LogP contribution in [-0.4, -0.2) is 45.4 Å². The first kappa shape index (κ1) is 18.2. The molecular weight excluding hydrogens is 322 g/mol. The van der Waals surface area contributed by atoms with Crippen molar-refractivity contribution < 1.29 is 19.5 Å². The molecular formula is C18H29N3O4. The second kappa shape index (κ2) is 6.59. The van der Waals surface area contributed by atoms with Gasteiger partial charge in [0.1, 0.15) is 6.04 Å². The second-order valence-electron chi connectivity index (χ2n) is 8.50. The van der Waals surface area contributed by atoms with E-state index in [0.717, 1.165) is 19.3 Å². The van der Waals surface area contributed by atoms with E-state index in [1.165, 1.54) is 19.3 Å². The Bertz CT molecular complexity index is 539. The van der Waals surface area contributed by atoms with Crippen LogP contribution < -0.4 is 11.5 Å². The third kappa shape index (κ3) is 3.38. The number of nitrogens with zero attached hydrogens (tertiary/aromatic N) is 1. The lowest BCUT2D eigenvalue weighted by molar-refractivity contribution is -0.170. The molecule has 25 heavy (non-hydrogen) atoms. The fourth-order valence-electron chi connectivity index (χ4n) is 5.94. The molecule has 7 heteroatoms. The van der Waals surface area contributed by atoms with Gasteiger partial charge in [-0.2, -0.15) is 0 Å². The summed E-state index contributed by atoms with van der Waals surface area (Å²) in [7, 11) is 0. The molecule has 2 amide bonds. The van der Waals surface area contributed by atoms with E-state index in [2.05, 4.69) is 0 Å². The topological polar surface area (TPSA) is 127 Å². The van der Waals surface area contributed by atoms with Crippen LogP contribution in [0.3, 0.4) is 0 Å². The smallest absolute Gasteiger partial charge is 0.326 e. The molecule has 4 rings (SSSR count). The molecule has 2 atom stereocenters. The zero-order valence-electron chi connectivity index (χ0n) is 14.8. The molecule has 0 aromatic heterocycles. The Morgan fingerprint density at radius 3 is 1.96 bits per heavy atom. The summed E-state index contributed by atoms with van der Waals surface area (Å²) in [5.41, 5.74) is 10.7. The van der Waals surface area contributed by atoms with Gasteiger partial charge in [0.25, 0.3) is 0 Å². The number of nitrogens with two attached hydrogens (primary N) is 2. The lowest BCUT2D eigenvalue weighted by Gasteiger charge is -2.61. The van der Waals surface area contributed by atoms with Gasteiger partial charge in [-0.05, 0) is 69.6 Å². The summed E-state index contributed by atoms with van der Waals surface area (Å²) in [5.74, 6) is -0.240. The number of carboxylic acids is 1. The lowest BCUT2D eigenvalue weighted by Crippen LogP contribution is -2.67. The molecule has 7 nitrogen and oxygen atoms in total. The lowest BCUT2D eigenvalue weighted by atomic mass is 9.52. The number of amides is 2. The summed E-state index contributed by atoms with van der Waals surface area (Å²) < 4.78 is 0. The first-order chi connectivity index (χ1) is 11.7. The van der Waals surface area contributed by atoms with Crippen molar-refractivity contribution in [2.75, 3.05) is 0 Å². The molecule has 4 saturated carbocycles. The number of carbonyl (C=O) groups excluding carboxylic acids is 2. The third-order valence-corrected chi connectivity index (χ3v) is 6.40. The molecule has 0 radical (unpaired) electrons. The SMILES string of the molecule is C[C@H](N)C(=O)N([C@H](CCC(N)=O)C(=O)O)C12CC3CC(CC(C3)C1)C2. The van der Waals surface area contributed by atoms with Crippen LogP contribution in [0.2, 0.25) is 0 Å². The zero-order chi connectivity index (χ0) is 18.4. The largest absolute Gasteiger partial charge is 0.480 e. The van der Waals surface area contributed by atoms with Crippen molar-refractivity contribution in [2.24, 2.45) is 29.2 Å². The summed E-state index contributed by atoms with van der Waals surface area (Å²) in [4.78, 5) is 37.7. The van der Waals surface area contributed by atoms with E-state index in [9.17, 15) is 19.5 Å². The van der Waals surface area contributed by atoms with Crippen LogP contribution in [-0.2, 0) is 14.4 Å². The van der Waals surface area contributed by atoms with Crippen molar-refractivity contribution in [3.05, 3.63) is 0 Å². The van der Waals surface area contributed by atoms with Crippen LogP contribution in [0.1, 0.15) is 58.3 Å². The van der Waals surface area contributed by atoms with E-state index in [1.54, 1.807) is 11.8 Å². The van der Waals surface area contributed by atoms with Gasteiger partial charge in [0, 0.05) is 12.0 Å². The standard InChI is InChI=1S/C18H29N3O4/c1-10(19)16(23)21(14(17(24)25)2-3-15(20)22)18-7-11-4-12(8-18)6-13(5-11)9-18/h10-14H,2-9,19H2,1H3,(H2,20,22)(H,24,25)/t10-,11?,12?,13?,14+,18?/m0/s1. The maximum atomic E-state index is 13.0. The maximum Gasteiger partial charge on any atom is 0.326 e. The van der Waals surface area contributed by atoms with Crippen molar-refractivity contribution in [1.82, 2.24) is 4.90 Å². The van der Waals surface area contributed by atoms with Gasteiger partial charge >= 0.3 is 5.97 Å². The fourth-order valence-corrected chi connectivity index (χ4v) is 5.94. The molecule has 0 spiro atoms. The molecule has 4 aliphatic rings. The predicted molar refractivity (Wildman–Crippen MR) is 91.3 cm³/mol. The van der Waals surface area contributed by atoms with Gasteiger partial charge in [-0.15, -0.1) is 0 Å². The fraction of sp³-hybridized carbons (Fsp3) is 0.833. The van der Waals surface area contributed by atoms with Crippen molar-refractivity contribution in [1.29, 1.82) is 0 Å². The summed E-state index contributed by atoms with van der Waals surface area (Å²) in [6, 6.07) is -1.80. The van der Waals surface area contributed by atoms with Crippen LogP contribution in [0.5, 0.6) is 0 Å². The van der Waals surface area contributed by atoms with Crippen molar-refractivity contribution in [3.8, 4) is 0 Å². The normalized spacial score (nSPS) is 35.2. The third-order valence-electron chi connectivity index (χ3n) is 6.40. The maximum absolute atomic E-state index is 13.0. The number of carbonyl (C=O) groups is 3. The Balaban J connectivity index is 1.95. The van der Waals surface area contributed by atoms with Gasteiger partial charge in [0.05, 0.1) is 6.04 Å². The highest BCUT2D eigenvalue weighted by Crippen LogP contribution is 2.58. The molecule has 4 aliphatic carbocycles. The van der Waals surface area contributed by atoms with Gasteiger partial charge in [-0.3, -0.25) is 9.59 Å². The first-order valence-electron chi connectivity index (χ1n) is 9.31. The second-order valence-corrected chi connectivity index (χ2v) is 8.50. The average Bonchev–Trinajstić information content (AvgIpc) is 2.48. The Morgan fingerprint density at radius 2 is 1.60 bits per heavy atom. The van der Waals surface area contributed by atoms with Gasteiger partial charge < -0.3 is 21.5 Å². The minimum absolute atomic E-state index is 0.0465. The first-order valence-corrected chi connectivity index (χ1v) is 9.31. The van der Waals surface area contributed by atoms with E-state index in [4.69, 9.17) is 11.5 Å². The number of hydrogen-bond acceptors (Lipinski definition) is 4. The van der Waals surface area contributed by atoms with Gasteiger partial charge in [0.15, 0.2) is 0 Å². The van der Waals surface area contributed by atoms with Crippen molar-refractivity contribution in [3.63, 3.8) is 0 Å². The molecule has 0 saturated heterocycles. The monoisotopic (exact) mass is 351 g/mol. The summed E-state index contributed by atoms with van der Waals surface area (Å²) >= 11 is 0. The van der Waals surface area contributed by atoms with E-state index >= 15 is 0 Å². The Labute approximate surface area is 148 Å². The van der Waals surface area contributed by atoms with E-state index in [1.807, 2.05) is 0 Å². The van der Waals surface area contributed by atoms with Gasteiger partial charge in [-0.25, -0.2) is 4.79 Å².